The number of benzene rings is 1. The molecule has 136 valence electrons. The highest BCUT2D eigenvalue weighted by Gasteiger charge is 2.18. The van der Waals surface area contributed by atoms with Crippen molar-refractivity contribution >= 4 is 11.7 Å². The number of rotatable bonds is 6. The minimum Gasteiger partial charge on any atom is -0.374 e. The van der Waals surface area contributed by atoms with Crippen molar-refractivity contribution in [3.05, 3.63) is 46.8 Å². The van der Waals surface area contributed by atoms with Crippen molar-refractivity contribution in [3.8, 4) is 0 Å². The Kier molecular flexibility index (Phi) is 6.20. The van der Waals surface area contributed by atoms with Crippen LogP contribution in [0.15, 0.2) is 24.3 Å². The molecule has 0 fully saturated rings. The minimum atomic E-state index is -0.239. The third kappa shape index (κ3) is 5.06. The number of urea groups is 1. The molecule has 2 amide bonds. The molecule has 1 atom stereocenters. The van der Waals surface area contributed by atoms with E-state index in [0.717, 1.165) is 28.2 Å². The average molecular weight is 344 g/mol. The Morgan fingerprint density at radius 1 is 1.28 bits per heavy atom. The number of hydrogen-bond donors (Lipinski definition) is 2. The molecule has 25 heavy (non-hydrogen) atoms. The highest BCUT2D eigenvalue weighted by atomic mass is 16.5. The van der Waals surface area contributed by atoms with Crippen LogP contribution in [-0.4, -0.2) is 21.9 Å². The van der Waals surface area contributed by atoms with Crippen LogP contribution in [0.4, 0.5) is 10.5 Å². The van der Waals surface area contributed by atoms with Crippen molar-refractivity contribution < 1.29 is 9.53 Å². The molecule has 0 radical (unpaired) electrons. The summed E-state index contributed by atoms with van der Waals surface area (Å²) in [6.07, 6.45) is 0.173. The predicted octanol–water partition coefficient (Wildman–Crippen LogP) is 3.84. The molecule has 0 saturated carbocycles. The lowest BCUT2D eigenvalue weighted by atomic mass is 10.1. The first-order chi connectivity index (χ1) is 11.8. The number of nitrogens with one attached hydrogen (secondary N) is 2. The van der Waals surface area contributed by atoms with Crippen LogP contribution in [0.2, 0.25) is 0 Å². The average Bonchev–Trinajstić information content (AvgIpc) is 2.78. The monoisotopic (exact) mass is 344 g/mol. The number of nitrogens with zero attached hydrogens (tertiary/aromatic N) is 2. The van der Waals surface area contributed by atoms with Crippen LogP contribution in [0, 0.1) is 13.8 Å². The third-order valence-electron chi connectivity index (χ3n) is 4.11. The molecule has 2 rings (SSSR count). The summed E-state index contributed by atoms with van der Waals surface area (Å²) in [7, 11) is 1.91. The van der Waals surface area contributed by atoms with E-state index in [9.17, 15) is 4.79 Å². The zero-order chi connectivity index (χ0) is 18.6. The second kappa shape index (κ2) is 8.16. The fraction of sp³-hybridized carbons (Fsp3) is 0.474. The van der Waals surface area contributed by atoms with Crippen LogP contribution in [-0.2, 0) is 18.4 Å². The van der Waals surface area contributed by atoms with Gasteiger partial charge in [0.25, 0.3) is 0 Å². The molecular weight excluding hydrogens is 316 g/mol. The van der Waals surface area contributed by atoms with Crippen molar-refractivity contribution in [1.82, 2.24) is 15.1 Å². The number of anilines is 1. The second-order valence-corrected chi connectivity index (χ2v) is 6.59. The Balaban J connectivity index is 1.99. The molecule has 6 nitrogen and oxygen atoms in total. The number of hydrogen-bond acceptors (Lipinski definition) is 3. The van der Waals surface area contributed by atoms with Crippen LogP contribution in [0.3, 0.4) is 0 Å². The van der Waals surface area contributed by atoms with Crippen molar-refractivity contribution in [2.75, 3.05) is 5.32 Å². The van der Waals surface area contributed by atoms with Gasteiger partial charge in [-0.1, -0.05) is 12.1 Å². The van der Waals surface area contributed by atoms with Gasteiger partial charge in [-0.3, -0.25) is 4.68 Å². The fourth-order valence-corrected chi connectivity index (χ4v) is 2.85. The number of aromatic nitrogens is 2. The highest BCUT2D eigenvalue weighted by molar-refractivity contribution is 5.89. The number of aryl methyl sites for hydroxylation is 2. The van der Waals surface area contributed by atoms with Gasteiger partial charge in [-0.2, -0.15) is 5.10 Å². The normalized spacial score (nSPS) is 12.3. The van der Waals surface area contributed by atoms with Crippen molar-refractivity contribution in [3.63, 3.8) is 0 Å². The molecule has 0 aliphatic rings. The maximum atomic E-state index is 12.3. The van der Waals surface area contributed by atoms with E-state index in [4.69, 9.17) is 4.74 Å². The Morgan fingerprint density at radius 3 is 2.60 bits per heavy atom. The summed E-state index contributed by atoms with van der Waals surface area (Å²) in [5.41, 5.74) is 4.81. The van der Waals surface area contributed by atoms with Crippen molar-refractivity contribution in [2.45, 2.75) is 53.4 Å². The Labute approximate surface area is 149 Å². The number of carbonyl (C=O) groups is 1. The summed E-state index contributed by atoms with van der Waals surface area (Å²) in [6, 6.07) is 7.32. The second-order valence-electron chi connectivity index (χ2n) is 6.59. The van der Waals surface area contributed by atoms with Crippen LogP contribution >= 0.6 is 0 Å². The first kappa shape index (κ1) is 19.0. The van der Waals surface area contributed by atoms with E-state index in [1.807, 2.05) is 70.6 Å². The van der Waals surface area contributed by atoms with Gasteiger partial charge in [-0.25, -0.2) is 4.79 Å². The standard InChI is InChI=1S/C19H28N4O2/c1-12(2)25-11-16-8-7-9-17(10-16)21-19(24)20-13(3)18-14(4)22-23(6)15(18)5/h7-10,12-13H,11H2,1-6H3,(H2,20,21,24)/t13-/m0/s1. The Hall–Kier alpha value is -2.34. The van der Waals surface area contributed by atoms with E-state index < -0.39 is 0 Å². The molecule has 0 aliphatic carbocycles. The first-order valence-electron chi connectivity index (χ1n) is 8.56. The van der Waals surface area contributed by atoms with E-state index in [0.29, 0.717) is 6.61 Å². The molecule has 6 heteroatoms. The van der Waals surface area contributed by atoms with Gasteiger partial charge < -0.3 is 15.4 Å². The first-order valence-corrected chi connectivity index (χ1v) is 8.56. The SMILES string of the molecule is Cc1nn(C)c(C)c1[C@H](C)NC(=O)Nc1cccc(COC(C)C)c1. The van der Waals surface area contributed by atoms with Gasteiger partial charge in [0.05, 0.1) is 24.4 Å². The number of carbonyl (C=O) groups excluding carboxylic acids is 1. The number of ether oxygens (including phenoxy) is 1. The van der Waals surface area contributed by atoms with Gasteiger partial charge in [0, 0.05) is 24.0 Å². The molecule has 0 bridgehead atoms. The van der Waals surface area contributed by atoms with Crippen molar-refractivity contribution in [1.29, 1.82) is 0 Å². The van der Waals surface area contributed by atoms with Gasteiger partial charge in [-0.15, -0.1) is 0 Å². The fourth-order valence-electron chi connectivity index (χ4n) is 2.85. The third-order valence-corrected chi connectivity index (χ3v) is 4.11. The van der Waals surface area contributed by atoms with E-state index in [2.05, 4.69) is 15.7 Å². The van der Waals surface area contributed by atoms with Crippen LogP contribution < -0.4 is 10.6 Å². The lowest BCUT2D eigenvalue weighted by Gasteiger charge is -2.16. The molecule has 0 aliphatic heterocycles. The van der Waals surface area contributed by atoms with Gasteiger partial charge in [0.1, 0.15) is 0 Å². The van der Waals surface area contributed by atoms with Crippen LogP contribution in [0.5, 0.6) is 0 Å². The van der Waals surface area contributed by atoms with Gasteiger partial charge in [0.15, 0.2) is 0 Å². The van der Waals surface area contributed by atoms with E-state index in [1.165, 1.54) is 0 Å². The van der Waals surface area contributed by atoms with E-state index in [1.54, 1.807) is 0 Å². The molecule has 2 aromatic rings. The maximum Gasteiger partial charge on any atom is 0.319 e. The molecule has 0 saturated heterocycles. The lowest BCUT2D eigenvalue weighted by molar-refractivity contribution is 0.0657. The minimum absolute atomic E-state index is 0.124. The lowest BCUT2D eigenvalue weighted by Crippen LogP contribution is -2.31. The summed E-state index contributed by atoms with van der Waals surface area (Å²) in [5, 5.41) is 10.3. The van der Waals surface area contributed by atoms with Gasteiger partial charge in [0.2, 0.25) is 0 Å². The predicted molar refractivity (Wildman–Crippen MR) is 99.6 cm³/mol. The van der Waals surface area contributed by atoms with E-state index >= 15 is 0 Å². The Bertz CT molecular complexity index is 737. The van der Waals surface area contributed by atoms with Gasteiger partial charge in [-0.05, 0) is 52.3 Å². The Morgan fingerprint density at radius 2 is 2.00 bits per heavy atom. The highest BCUT2D eigenvalue weighted by Crippen LogP contribution is 2.21. The topological polar surface area (TPSA) is 68.2 Å². The van der Waals surface area contributed by atoms with Crippen LogP contribution in [0.25, 0.3) is 0 Å². The summed E-state index contributed by atoms with van der Waals surface area (Å²) >= 11 is 0. The zero-order valence-electron chi connectivity index (χ0n) is 15.9. The molecule has 1 heterocycles. The summed E-state index contributed by atoms with van der Waals surface area (Å²) in [4.78, 5) is 12.3. The molecule has 1 aromatic heterocycles. The molecule has 0 unspecified atom stereocenters. The molecular formula is C19H28N4O2. The van der Waals surface area contributed by atoms with Gasteiger partial charge >= 0.3 is 6.03 Å². The molecule has 0 spiro atoms. The summed E-state index contributed by atoms with van der Waals surface area (Å²) in [5.74, 6) is 0. The number of amides is 2. The quantitative estimate of drug-likeness (QED) is 0.836. The van der Waals surface area contributed by atoms with E-state index in [-0.39, 0.29) is 18.2 Å². The summed E-state index contributed by atoms with van der Waals surface area (Å²) in [6.45, 7) is 10.4. The maximum absolute atomic E-state index is 12.3. The molecule has 2 N–H and O–H groups in total. The van der Waals surface area contributed by atoms with Crippen LogP contribution in [0.1, 0.15) is 49.3 Å². The largest absolute Gasteiger partial charge is 0.374 e. The summed E-state index contributed by atoms with van der Waals surface area (Å²) < 4.78 is 7.43. The molecule has 1 aromatic carbocycles. The smallest absolute Gasteiger partial charge is 0.319 e. The zero-order valence-corrected chi connectivity index (χ0v) is 15.9. The van der Waals surface area contributed by atoms with Crippen molar-refractivity contribution in [2.24, 2.45) is 7.05 Å².